The second kappa shape index (κ2) is 8.76. The predicted molar refractivity (Wildman–Crippen MR) is 117 cm³/mol. The summed E-state index contributed by atoms with van der Waals surface area (Å²) in [6.07, 6.45) is 7.66. The molecule has 2 fully saturated rings. The van der Waals surface area contributed by atoms with Crippen LogP contribution < -0.4 is 5.32 Å². The molecule has 1 N–H and O–H groups in total. The van der Waals surface area contributed by atoms with Gasteiger partial charge < -0.3 is 15.1 Å². The molecule has 152 valence electrons. The summed E-state index contributed by atoms with van der Waals surface area (Å²) < 4.78 is 0.398. The van der Waals surface area contributed by atoms with E-state index in [0.717, 1.165) is 44.3 Å². The average molecular weight is 401 g/mol. The molecule has 0 unspecified atom stereocenters. The molecule has 1 spiro atoms. The fourth-order valence-electron chi connectivity index (χ4n) is 4.83. The maximum absolute atomic E-state index is 12.8. The van der Waals surface area contributed by atoms with Crippen molar-refractivity contribution in [1.82, 2.24) is 15.1 Å². The summed E-state index contributed by atoms with van der Waals surface area (Å²) in [5.74, 6) is 2.20. The Morgan fingerprint density at radius 3 is 2.71 bits per heavy atom. The van der Waals surface area contributed by atoms with Crippen molar-refractivity contribution < 1.29 is 4.79 Å². The van der Waals surface area contributed by atoms with E-state index >= 15 is 0 Å². The lowest BCUT2D eigenvalue weighted by molar-refractivity contribution is -0.130. The van der Waals surface area contributed by atoms with E-state index < -0.39 is 0 Å². The minimum atomic E-state index is 0.161. The fourth-order valence-corrected chi connectivity index (χ4v) is 6.40. The summed E-state index contributed by atoms with van der Waals surface area (Å²) >= 11 is 2.16. The number of guanidine groups is 1. The van der Waals surface area contributed by atoms with Gasteiger partial charge in [0.2, 0.25) is 5.91 Å². The van der Waals surface area contributed by atoms with Crippen molar-refractivity contribution in [2.24, 2.45) is 4.99 Å². The van der Waals surface area contributed by atoms with E-state index in [1.807, 2.05) is 11.9 Å². The summed E-state index contributed by atoms with van der Waals surface area (Å²) in [4.78, 5) is 21.6. The van der Waals surface area contributed by atoms with E-state index in [-0.39, 0.29) is 5.91 Å². The van der Waals surface area contributed by atoms with E-state index in [4.69, 9.17) is 0 Å². The third-order valence-electron chi connectivity index (χ3n) is 6.41. The Balaban J connectivity index is 1.32. The average Bonchev–Trinajstić information content (AvgIpc) is 2.74. The van der Waals surface area contributed by atoms with Crippen LogP contribution in [0.3, 0.4) is 0 Å². The number of fused-ring (bicyclic) bond motifs is 1. The molecule has 3 aliphatic rings. The highest BCUT2D eigenvalue weighted by atomic mass is 32.2. The number of carbonyl (C=O) groups excluding carboxylic acids is 1. The molecule has 1 saturated carbocycles. The van der Waals surface area contributed by atoms with Crippen LogP contribution in [0.5, 0.6) is 0 Å². The number of hydrogen-bond acceptors (Lipinski definition) is 3. The van der Waals surface area contributed by atoms with Gasteiger partial charge in [-0.2, -0.15) is 11.8 Å². The van der Waals surface area contributed by atoms with Gasteiger partial charge in [0.15, 0.2) is 5.96 Å². The second-order valence-electron chi connectivity index (χ2n) is 8.25. The molecule has 1 aliphatic carbocycles. The second-order valence-corrected chi connectivity index (χ2v) is 9.81. The first-order valence-electron chi connectivity index (χ1n) is 10.6. The van der Waals surface area contributed by atoms with Gasteiger partial charge in [-0.05, 0) is 30.4 Å². The van der Waals surface area contributed by atoms with Crippen molar-refractivity contribution in [1.29, 1.82) is 0 Å². The van der Waals surface area contributed by atoms with E-state index in [1.54, 1.807) is 0 Å². The van der Waals surface area contributed by atoms with Crippen molar-refractivity contribution in [2.45, 2.75) is 49.8 Å². The molecular formula is C22H32N4OS. The van der Waals surface area contributed by atoms with Gasteiger partial charge in [-0.25, -0.2) is 0 Å². The molecule has 5 nitrogen and oxygen atoms in total. The first-order chi connectivity index (χ1) is 13.7. The van der Waals surface area contributed by atoms with Gasteiger partial charge in [-0.1, -0.05) is 43.5 Å². The number of thioether (sulfide) groups is 1. The Bertz CT molecular complexity index is 723. The molecule has 0 aromatic heterocycles. The van der Waals surface area contributed by atoms with Gasteiger partial charge in [-0.15, -0.1) is 0 Å². The lowest BCUT2D eigenvalue weighted by Gasteiger charge is -2.45. The molecule has 1 amide bonds. The third-order valence-corrected chi connectivity index (χ3v) is 7.94. The first-order valence-corrected chi connectivity index (χ1v) is 11.6. The summed E-state index contributed by atoms with van der Waals surface area (Å²) in [6, 6.07) is 8.45. The monoisotopic (exact) mass is 400 g/mol. The van der Waals surface area contributed by atoms with E-state index in [2.05, 4.69) is 51.2 Å². The number of rotatable bonds is 2. The highest BCUT2D eigenvalue weighted by Gasteiger charge is 2.38. The molecular weight excluding hydrogens is 368 g/mol. The molecule has 6 heteroatoms. The molecule has 28 heavy (non-hydrogen) atoms. The zero-order valence-electron chi connectivity index (χ0n) is 17.0. The quantitative estimate of drug-likeness (QED) is 0.613. The highest BCUT2D eigenvalue weighted by molar-refractivity contribution is 8.00. The van der Waals surface area contributed by atoms with Crippen LogP contribution in [0.15, 0.2) is 29.3 Å². The minimum Gasteiger partial charge on any atom is -0.347 e. The van der Waals surface area contributed by atoms with Gasteiger partial charge in [0.25, 0.3) is 0 Å². The van der Waals surface area contributed by atoms with Crippen LogP contribution in [0, 0.1) is 0 Å². The molecule has 0 atom stereocenters. The van der Waals surface area contributed by atoms with Gasteiger partial charge in [0, 0.05) is 43.7 Å². The third kappa shape index (κ3) is 4.32. The fraction of sp³-hybridized carbons (Fsp3) is 0.636. The van der Waals surface area contributed by atoms with Crippen LogP contribution in [-0.4, -0.2) is 65.4 Å². The van der Waals surface area contributed by atoms with Crippen molar-refractivity contribution >= 4 is 23.6 Å². The van der Waals surface area contributed by atoms with Crippen LogP contribution in [0.4, 0.5) is 0 Å². The standard InChI is InChI=1S/C22H32N4OS/c1-23-21(26-13-14-28-22(17-26)10-5-2-6-11-22)24-15-20(27)25-12-9-18-7-3-4-8-19(18)16-25/h3-4,7-8H,2,5-6,9-17H2,1H3,(H,23,24). The molecule has 1 saturated heterocycles. The lowest BCUT2D eigenvalue weighted by Crippen LogP contribution is -2.54. The maximum Gasteiger partial charge on any atom is 0.242 e. The van der Waals surface area contributed by atoms with Crippen LogP contribution in [-0.2, 0) is 17.8 Å². The van der Waals surface area contributed by atoms with Gasteiger partial charge in [0.05, 0.1) is 6.54 Å². The SMILES string of the molecule is CN=C(NCC(=O)N1CCc2ccccc2C1)N1CCSC2(CCCCC2)C1. The van der Waals surface area contributed by atoms with Crippen LogP contribution in [0.2, 0.25) is 0 Å². The molecule has 2 aliphatic heterocycles. The van der Waals surface area contributed by atoms with Crippen LogP contribution in [0.25, 0.3) is 0 Å². The number of aliphatic imine (C=N–C) groups is 1. The summed E-state index contributed by atoms with van der Waals surface area (Å²) in [7, 11) is 1.83. The minimum absolute atomic E-state index is 0.161. The molecule has 0 bridgehead atoms. The highest BCUT2D eigenvalue weighted by Crippen LogP contribution is 2.42. The van der Waals surface area contributed by atoms with Crippen molar-refractivity contribution in [3.63, 3.8) is 0 Å². The Morgan fingerprint density at radius 2 is 1.93 bits per heavy atom. The number of hydrogen-bond donors (Lipinski definition) is 1. The Hall–Kier alpha value is -1.69. The number of nitrogens with one attached hydrogen (secondary N) is 1. The molecule has 1 aromatic carbocycles. The van der Waals surface area contributed by atoms with Crippen LogP contribution in [0.1, 0.15) is 43.2 Å². The Kier molecular flexibility index (Phi) is 6.14. The number of carbonyl (C=O) groups is 1. The normalized spacial score (nSPS) is 22.1. The van der Waals surface area contributed by atoms with Gasteiger partial charge in [-0.3, -0.25) is 9.79 Å². The van der Waals surface area contributed by atoms with Crippen molar-refractivity contribution in [3.8, 4) is 0 Å². The number of amides is 1. The Labute approximate surface area is 173 Å². The topological polar surface area (TPSA) is 47.9 Å². The number of nitrogens with zero attached hydrogens (tertiary/aromatic N) is 3. The van der Waals surface area contributed by atoms with Crippen LogP contribution >= 0.6 is 11.8 Å². The molecule has 1 aromatic rings. The summed E-state index contributed by atoms with van der Waals surface area (Å²) in [5.41, 5.74) is 2.65. The largest absolute Gasteiger partial charge is 0.347 e. The summed E-state index contributed by atoms with van der Waals surface area (Å²) in [5, 5.41) is 3.36. The lowest BCUT2D eigenvalue weighted by atomic mass is 9.87. The van der Waals surface area contributed by atoms with Gasteiger partial charge >= 0.3 is 0 Å². The smallest absolute Gasteiger partial charge is 0.242 e. The van der Waals surface area contributed by atoms with E-state index in [0.29, 0.717) is 11.3 Å². The van der Waals surface area contributed by atoms with Gasteiger partial charge in [0.1, 0.15) is 0 Å². The van der Waals surface area contributed by atoms with Crippen molar-refractivity contribution in [3.05, 3.63) is 35.4 Å². The zero-order valence-corrected chi connectivity index (χ0v) is 17.8. The Morgan fingerprint density at radius 1 is 1.14 bits per heavy atom. The number of benzene rings is 1. The molecule has 4 rings (SSSR count). The zero-order chi connectivity index (χ0) is 19.4. The maximum atomic E-state index is 12.8. The predicted octanol–water partition coefficient (Wildman–Crippen LogP) is 2.90. The first kappa shape index (κ1) is 19.6. The van der Waals surface area contributed by atoms with E-state index in [9.17, 15) is 4.79 Å². The van der Waals surface area contributed by atoms with Crippen molar-refractivity contribution in [2.75, 3.05) is 39.0 Å². The molecule has 2 heterocycles. The molecule has 0 radical (unpaired) electrons. The summed E-state index contributed by atoms with van der Waals surface area (Å²) in [6.45, 7) is 3.92. The van der Waals surface area contributed by atoms with E-state index in [1.165, 1.54) is 43.2 Å².